The van der Waals surface area contributed by atoms with Gasteiger partial charge in [0, 0.05) is 12.2 Å². The number of carbonyl (C=O) groups is 1. The summed E-state index contributed by atoms with van der Waals surface area (Å²) in [5.41, 5.74) is 3.29. The quantitative estimate of drug-likeness (QED) is 0.866. The Morgan fingerprint density at radius 2 is 2.17 bits per heavy atom. The van der Waals surface area contributed by atoms with Crippen LogP contribution in [0.5, 0.6) is 0 Å². The molecule has 0 unspecified atom stereocenters. The molecule has 3 nitrogen and oxygen atoms in total. The number of halogens is 1. The monoisotopic (exact) mass is 268 g/mol. The van der Waals surface area contributed by atoms with Crippen LogP contribution in [-0.2, 0) is 4.79 Å². The summed E-state index contributed by atoms with van der Waals surface area (Å²) >= 11 is 0. The summed E-state index contributed by atoms with van der Waals surface area (Å²) in [6.45, 7) is 5.93. The maximum Gasteiger partial charge on any atom is 0.228 e. The molecule has 100 valence electrons. The van der Waals surface area contributed by atoms with Crippen LogP contribution in [0.3, 0.4) is 0 Å². The molecule has 1 aliphatic rings. The van der Waals surface area contributed by atoms with Crippen molar-refractivity contribution >= 4 is 24.0 Å². The fourth-order valence-corrected chi connectivity index (χ4v) is 2.26. The lowest BCUT2D eigenvalue weighted by atomic mass is 9.98. The van der Waals surface area contributed by atoms with E-state index in [2.05, 4.69) is 23.6 Å². The SMILES string of the molecule is Cc1ccc(NC(=O)[C@@H]2CCCNC2)c(C)c1.Cl. The minimum Gasteiger partial charge on any atom is -0.326 e. The van der Waals surface area contributed by atoms with E-state index in [9.17, 15) is 4.79 Å². The van der Waals surface area contributed by atoms with E-state index in [-0.39, 0.29) is 24.2 Å². The van der Waals surface area contributed by atoms with Crippen LogP contribution >= 0.6 is 12.4 Å². The van der Waals surface area contributed by atoms with E-state index in [0.29, 0.717) is 0 Å². The average molecular weight is 269 g/mol. The minimum absolute atomic E-state index is 0. The molecular weight excluding hydrogens is 248 g/mol. The molecule has 1 atom stereocenters. The lowest BCUT2D eigenvalue weighted by Crippen LogP contribution is -2.37. The second kappa shape index (κ2) is 6.76. The van der Waals surface area contributed by atoms with Crippen molar-refractivity contribution in [2.75, 3.05) is 18.4 Å². The first-order chi connectivity index (χ1) is 8.16. The predicted molar refractivity (Wildman–Crippen MR) is 77.4 cm³/mol. The summed E-state index contributed by atoms with van der Waals surface area (Å²) in [4.78, 5) is 12.1. The number of hydrogen-bond donors (Lipinski definition) is 2. The zero-order valence-electron chi connectivity index (χ0n) is 11.0. The molecule has 1 aromatic rings. The van der Waals surface area contributed by atoms with Gasteiger partial charge in [0.2, 0.25) is 5.91 Å². The van der Waals surface area contributed by atoms with Gasteiger partial charge in [0.1, 0.15) is 0 Å². The highest BCUT2D eigenvalue weighted by Gasteiger charge is 2.21. The molecule has 1 fully saturated rings. The van der Waals surface area contributed by atoms with Gasteiger partial charge >= 0.3 is 0 Å². The van der Waals surface area contributed by atoms with E-state index >= 15 is 0 Å². The Morgan fingerprint density at radius 1 is 1.39 bits per heavy atom. The van der Waals surface area contributed by atoms with Crippen LogP contribution in [0.15, 0.2) is 18.2 Å². The standard InChI is InChI=1S/C14H20N2O.ClH/c1-10-5-6-13(11(2)8-10)16-14(17)12-4-3-7-15-9-12;/h5-6,8,12,15H,3-4,7,9H2,1-2H3,(H,16,17);1H/t12-;/m1./s1. The molecular formula is C14H21ClN2O. The smallest absolute Gasteiger partial charge is 0.228 e. The summed E-state index contributed by atoms with van der Waals surface area (Å²) in [5, 5.41) is 6.29. The highest BCUT2D eigenvalue weighted by molar-refractivity contribution is 5.93. The van der Waals surface area contributed by atoms with Gasteiger partial charge in [0.05, 0.1) is 5.92 Å². The normalized spacial score (nSPS) is 18.9. The van der Waals surface area contributed by atoms with Crippen LogP contribution in [-0.4, -0.2) is 19.0 Å². The van der Waals surface area contributed by atoms with Gasteiger partial charge in [0.25, 0.3) is 0 Å². The topological polar surface area (TPSA) is 41.1 Å². The maximum absolute atomic E-state index is 12.1. The third-order valence-electron chi connectivity index (χ3n) is 3.31. The molecule has 0 aromatic heterocycles. The van der Waals surface area contributed by atoms with E-state index in [4.69, 9.17) is 0 Å². The number of amides is 1. The number of carbonyl (C=O) groups excluding carboxylic acids is 1. The summed E-state index contributed by atoms with van der Waals surface area (Å²) in [6.07, 6.45) is 2.08. The highest BCUT2D eigenvalue weighted by atomic mass is 35.5. The molecule has 0 radical (unpaired) electrons. The van der Waals surface area contributed by atoms with Gasteiger partial charge in [0.15, 0.2) is 0 Å². The van der Waals surface area contributed by atoms with Crippen LogP contribution in [0, 0.1) is 19.8 Å². The zero-order chi connectivity index (χ0) is 12.3. The molecule has 1 saturated heterocycles. The molecule has 0 bridgehead atoms. The van der Waals surface area contributed by atoms with E-state index < -0.39 is 0 Å². The molecule has 2 rings (SSSR count). The lowest BCUT2D eigenvalue weighted by molar-refractivity contribution is -0.120. The number of hydrogen-bond acceptors (Lipinski definition) is 2. The summed E-state index contributed by atoms with van der Waals surface area (Å²) < 4.78 is 0. The first-order valence-electron chi connectivity index (χ1n) is 6.25. The van der Waals surface area contributed by atoms with Crippen LogP contribution < -0.4 is 10.6 Å². The second-order valence-corrected chi connectivity index (χ2v) is 4.85. The maximum atomic E-state index is 12.1. The molecule has 4 heteroatoms. The number of benzene rings is 1. The van der Waals surface area contributed by atoms with Crippen LogP contribution in [0.2, 0.25) is 0 Å². The van der Waals surface area contributed by atoms with Crippen molar-refractivity contribution in [3.05, 3.63) is 29.3 Å². The second-order valence-electron chi connectivity index (χ2n) is 4.85. The average Bonchev–Trinajstić information content (AvgIpc) is 2.34. The van der Waals surface area contributed by atoms with Gasteiger partial charge in [-0.15, -0.1) is 12.4 Å². The first-order valence-corrected chi connectivity index (χ1v) is 6.25. The van der Waals surface area contributed by atoms with Crippen molar-refractivity contribution in [3.8, 4) is 0 Å². The number of anilines is 1. The third-order valence-corrected chi connectivity index (χ3v) is 3.31. The van der Waals surface area contributed by atoms with Crippen molar-refractivity contribution in [2.45, 2.75) is 26.7 Å². The van der Waals surface area contributed by atoms with Crippen LogP contribution in [0.25, 0.3) is 0 Å². The summed E-state index contributed by atoms with van der Waals surface area (Å²) in [7, 11) is 0. The fourth-order valence-electron chi connectivity index (χ4n) is 2.26. The van der Waals surface area contributed by atoms with Crippen molar-refractivity contribution in [2.24, 2.45) is 5.92 Å². The van der Waals surface area contributed by atoms with Gasteiger partial charge in [-0.05, 0) is 44.9 Å². The van der Waals surface area contributed by atoms with E-state index in [1.807, 2.05) is 19.1 Å². The molecule has 0 aliphatic carbocycles. The molecule has 0 spiro atoms. The Balaban J connectivity index is 0.00000162. The van der Waals surface area contributed by atoms with E-state index in [1.165, 1.54) is 5.56 Å². The molecule has 0 saturated carbocycles. The lowest BCUT2D eigenvalue weighted by Gasteiger charge is -2.22. The third kappa shape index (κ3) is 3.72. The Morgan fingerprint density at radius 3 is 2.78 bits per heavy atom. The van der Waals surface area contributed by atoms with Gasteiger partial charge in [-0.2, -0.15) is 0 Å². The van der Waals surface area contributed by atoms with Crippen molar-refractivity contribution < 1.29 is 4.79 Å². The minimum atomic E-state index is 0. The molecule has 1 amide bonds. The van der Waals surface area contributed by atoms with Gasteiger partial charge < -0.3 is 10.6 Å². The predicted octanol–water partition coefficient (Wildman–Crippen LogP) is 2.66. The van der Waals surface area contributed by atoms with Gasteiger partial charge in [-0.3, -0.25) is 4.79 Å². The molecule has 18 heavy (non-hydrogen) atoms. The van der Waals surface area contributed by atoms with Crippen molar-refractivity contribution in [1.82, 2.24) is 5.32 Å². The van der Waals surface area contributed by atoms with Gasteiger partial charge in [-0.1, -0.05) is 17.7 Å². The number of piperidine rings is 1. The largest absolute Gasteiger partial charge is 0.326 e. The molecule has 2 N–H and O–H groups in total. The molecule has 1 heterocycles. The molecule has 1 aromatic carbocycles. The van der Waals surface area contributed by atoms with Gasteiger partial charge in [-0.25, -0.2) is 0 Å². The van der Waals surface area contributed by atoms with E-state index in [1.54, 1.807) is 0 Å². The number of rotatable bonds is 2. The van der Waals surface area contributed by atoms with Crippen molar-refractivity contribution in [3.63, 3.8) is 0 Å². The summed E-state index contributed by atoms with van der Waals surface area (Å²) in [5.74, 6) is 0.258. The summed E-state index contributed by atoms with van der Waals surface area (Å²) in [6, 6.07) is 6.11. The number of nitrogens with one attached hydrogen (secondary N) is 2. The Labute approximate surface area is 115 Å². The van der Waals surface area contributed by atoms with Crippen LogP contribution in [0.1, 0.15) is 24.0 Å². The Bertz CT molecular complexity index is 414. The molecule has 1 aliphatic heterocycles. The first kappa shape index (κ1) is 15.0. The highest BCUT2D eigenvalue weighted by Crippen LogP contribution is 2.18. The van der Waals surface area contributed by atoms with Crippen LogP contribution in [0.4, 0.5) is 5.69 Å². The number of aryl methyl sites for hydroxylation is 2. The Hall–Kier alpha value is -1.06. The Kier molecular flexibility index (Phi) is 5.63. The van der Waals surface area contributed by atoms with E-state index in [0.717, 1.165) is 37.2 Å². The fraction of sp³-hybridized carbons (Fsp3) is 0.500. The zero-order valence-corrected chi connectivity index (χ0v) is 11.8. The van der Waals surface area contributed by atoms with Crippen molar-refractivity contribution in [1.29, 1.82) is 0 Å².